The zero-order chi connectivity index (χ0) is 21.0. The number of aromatic nitrogens is 3. The van der Waals surface area contributed by atoms with Crippen molar-refractivity contribution in [3.63, 3.8) is 0 Å². The van der Waals surface area contributed by atoms with Gasteiger partial charge in [0, 0.05) is 5.69 Å². The fraction of sp³-hybridized carbons (Fsp3) is 0.316. The lowest BCUT2D eigenvalue weighted by Gasteiger charge is -2.08. The van der Waals surface area contributed by atoms with Crippen molar-refractivity contribution in [2.24, 2.45) is 0 Å². The molecule has 2 aromatic heterocycles. The number of esters is 1. The van der Waals surface area contributed by atoms with E-state index in [1.54, 1.807) is 38.1 Å². The molecule has 29 heavy (non-hydrogen) atoms. The number of thiazole rings is 1. The van der Waals surface area contributed by atoms with Gasteiger partial charge in [0.25, 0.3) is 11.1 Å². The van der Waals surface area contributed by atoms with E-state index in [4.69, 9.17) is 9.15 Å². The Morgan fingerprint density at radius 1 is 1.21 bits per heavy atom. The van der Waals surface area contributed by atoms with Crippen molar-refractivity contribution >= 4 is 40.7 Å². The molecule has 1 N–H and O–H groups in total. The number of carbonyl (C=O) groups excluding carboxylic acids is 2. The van der Waals surface area contributed by atoms with Gasteiger partial charge in [-0.15, -0.1) is 21.5 Å². The van der Waals surface area contributed by atoms with Crippen molar-refractivity contribution in [1.29, 1.82) is 0 Å². The number of rotatable bonds is 7. The molecule has 0 bridgehead atoms. The van der Waals surface area contributed by atoms with E-state index in [1.807, 2.05) is 13.8 Å². The fourth-order valence-electron chi connectivity index (χ4n) is 2.39. The van der Waals surface area contributed by atoms with Crippen LogP contribution in [0.3, 0.4) is 0 Å². The van der Waals surface area contributed by atoms with Gasteiger partial charge in [0.15, 0.2) is 0 Å². The van der Waals surface area contributed by atoms with Crippen LogP contribution in [0.2, 0.25) is 0 Å². The Kier molecular flexibility index (Phi) is 6.65. The highest BCUT2D eigenvalue weighted by Gasteiger charge is 2.16. The van der Waals surface area contributed by atoms with Crippen LogP contribution in [0.5, 0.6) is 0 Å². The van der Waals surface area contributed by atoms with Crippen LogP contribution in [0.15, 0.2) is 33.9 Å². The van der Waals surface area contributed by atoms with Gasteiger partial charge < -0.3 is 14.5 Å². The number of benzene rings is 1. The summed E-state index contributed by atoms with van der Waals surface area (Å²) in [5.41, 5.74) is 1.85. The summed E-state index contributed by atoms with van der Waals surface area (Å²) in [6, 6.07) is 6.52. The highest BCUT2D eigenvalue weighted by molar-refractivity contribution is 7.99. The summed E-state index contributed by atoms with van der Waals surface area (Å²) in [7, 11) is 0. The summed E-state index contributed by atoms with van der Waals surface area (Å²) in [6.45, 7) is 7.38. The average Bonchev–Trinajstić information content (AvgIpc) is 3.25. The second-order valence-electron chi connectivity index (χ2n) is 6.39. The summed E-state index contributed by atoms with van der Waals surface area (Å²) in [6.07, 6.45) is -0.187. The standard InChI is InChI=1S/C19H20N4O4S2/c1-10(2)26-18(25)13-5-7-14(8-6-13)21-15(24)9-28-19-23-22-17(27-19)16-11(3)20-12(4)29-16/h5-8,10H,9H2,1-4H3,(H,21,24). The van der Waals surface area contributed by atoms with Gasteiger partial charge in [-0.05, 0) is 52.0 Å². The molecule has 152 valence electrons. The summed E-state index contributed by atoms with van der Waals surface area (Å²) < 4.78 is 10.7. The maximum absolute atomic E-state index is 12.2. The predicted molar refractivity (Wildman–Crippen MR) is 111 cm³/mol. The van der Waals surface area contributed by atoms with Crippen LogP contribution in [0.1, 0.15) is 34.9 Å². The van der Waals surface area contributed by atoms with Gasteiger partial charge in [-0.2, -0.15) is 0 Å². The molecule has 8 nitrogen and oxygen atoms in total. The van der Waals surface area contributed by atoms with Gasteiger partial charge in [-0.1, -0.05) is 11.8 Å². The topological polar surface area (TPSA) is 107 Å². The molecule has 0 saturated carbocycles. The molecule has 3 rings (SSSR count). The van der Waals surface area contributed by atoms with Gasteiger partial charge in [-0.25, -0.2) is 9.78 Å². The van der Waals surface area contributed by atoms with Crippen molar-refractivity contribution in [2.75, 3.05) is 11.1 Å². The highest BCUT2D eigenvalue weighted by Crippen LogP contribution is 2.30. The molecule has 0 aliphatic rings. The molecule has 10 heteroatoms. The highest BCUT2D eigenvalue weighted by atomic mass is 32.2. The minimum Gasteiger partial charge on any atom is -0.459 e. The second kappa shape index (κ2) is 9.19. The molecule has 0 radical (unpaired) electrons. The Balaban J connectivity index is 1.53. The number of carbonyl (C=O) groups is 2. The maximum atomic E-state index is 12.2. The van der Waals surface area contributed by atoms with E-state index in [0.717, 1.165) is 27.3 Å². The largest absolute Gasteiger partial charge is 0.459 e. The average molecular weight is 433 g/mol. The molecule has 0 fully saturated rings. The zero-order valence-electron chi connectivity index (χ0n) is 16.4. The van der Waals surface area contributed by atoms with E-state index in [2.05, 4.69) is 20.5 Å². The molecule has 0 atom stereocenters. The molecule has 0 aliphatic heterocycles. The molecule has 2 heterocycles. The van der Waals surface area contributed by atoms with Crippen molar-refractivity contribution < 1.29 is 18.7 Å². The fourth-order valence-corrected chi connectivity index (χ4v) is 3.79. The lowest BCUT2D eigenvalue weighted by atomic mass is 10.2. The van der Waals surface area contributed by atoms with Crippen molar-refractivity contribution in [1.82, 2.24) is 15.2 Å². The molecule has 0 unspecified atom stereocenters. The summed E-state index contributed by atoms with van der Waals surface area (Å²) >= 11 is 2.63. The Labute approximate surface area is 176 Å². The minimum atomic E-state index is -0.396. The number of hydrogen-bond donors (Lipinski definition) is 1. The van der Waals surface area contributed by atoms with Crippen molar-refractivity contribution in [3.8, 4) is 10.8 Å². The van der Waals surface area contributed by atoms with Crippen LogP contribution in [0.4, 0.5) is 5.69 Å². The van der Waals surface area contributed by atoms with Crippen LogP contribution < -0.4 is 5.32 Å². The number of anilines is 1. The number of hydrogen-bond acceptors (Lipinski definition) is 9. The molecule has 0 aliphatic carbocycles. The Bertz CT molecular complexity index is 1010. The number of ether oxygens (including phenoxy) is 1. The third-order valence-corrected chi connectivity index (χ3v) is 5.46. The lowest BCUT2D eigenvalue weighted by Crippen LogP contribution is -2.14. The van der Waals surface area contributed by atoms with Gasteiger partial charge >= 0.3 is 5.97 Å². The Morgan fingerprint density at radius 3 is 2.55 bits per heavy atom. The number of aryl methyl sites for hydroxylation is 2. The van der Waals surface area contributed by atoms with Gasteiger partial charge in [0.1, 0.15) is 4.88 Å². The summed E-state index contributed by atoms with van der Waals surface area (Å²) in [5, 5.41) is 12.0. The Morgan fingerprint density at radius 2 is 1.93 bits per heavy atom. The minimum absolute atomic E-state index is 0.111. The molecule has 1 amide bonds. The summed E-state index contributed by atoms with van der Waals surface area (Å²) in [4.78, 5) is 29.2. The summed E-state index contributed by atoms with van der Waals surface area (Å²) in [5.74, 6) is -0.108. The quantitative estimate of drug-likeness (QED) is 0.439. The smallest absolute Gasteiger partial charge is 0.338 e. The van der Waals surface area contributed by atoms with Gasteiger partial charge in [0.2, 0.25) is 5.91 Å². The Hall–Kier alpha value is -2.72. The number of thioether (sulfide) groups is 1. The molecule has 3 aromatic rings. The number of amides is 1. The zero-order valence-corrected chi connectivity index (χ0v) is 18.0. The molecule has 0 saturated heterocycles. The third-order valence-electron chi connectivity index (χ3n) is 3.58. The van der Waals surface area contributed by atoms with Crippen LogP contribution in [-0.4, -0.2) is 38.9 Å². The first-order valence-electron chi connectivity index (χ1n) is 8.83. The van der Waals surface area contributed by atoms with Crippen LogP contribution >= 0.6 is 23.1 Å². The molecule has 1 aromatic carbocycles. The third kappa shape index (κ3) is 5.64. The van der Waals surface area contributed by atoms with Crippen LogP contribution in [0, 0.1) is 13.8 Å². The molecular formula is C19H20N4O4S2. The first-order valence-corrected chi connectivity index (χ1v) is 10.6. The number of nitrogens with one attached hydrogen (secondary N) is 1. The molecular weight excluding hydrogens is 412 g/mol. The maximum Gasteiger partial charge on any atom is 0.338 e. The van der Waals surface area contributed by atoms with Crippen molar-refractivity contribution in [2.45, 2.75) is 39.0 Å². The van der Waals surface area contributed by atoms with E-state index in [1.165, 1.54) is 11.3 Å². The van der Waals surface area contributed by atoms with Crippen LogP contribution in [-0.2, 0) is 9.53 Å². The first-order chi connectivity index (χ1) is 13.8. The predicted octanol–water partition coefficient (Wildman–Crippen LogP) is 4.11. The van der Waals surface area contributed by atoms with Crippen LogP contribution in [0.25, 0.3) is 10.8 Å². The first kappa shape index (κ1) is 21.0. The number of nitrogens with zero attached hydrogens (tertiary/aromatic N) is 3. The van der Waals surface area contributed by atoms with Gasteiger partial charge in [0.05, 0.1) is 28.1 Å². The van der Waals surface area contributed by atoms with E-state index in [9.17, 15) is 9.59 Å². The monoisotopic (exact) mass is 432 g/mol. The van der Waals surface area contributed by atoms with E-state index in [0.29, 0.717) is 22.4 Å². The second-order valence-corrected chi connectivity index (χ2v) is 8.52. The SMILES string of the molecule is Cc1nc(C)c(-c2nnc(SCC(=O)Nc3ccc(C(=O)OC(C)C)cc3)o2)s1. The van der Waals surface area contributed by atoms with Gasteiger partial charge in [-0.3, -0.25) is 4.79 Å². The van der Waals surface area contributed by atoms with E-state index >= 15 is 0 Å². The lowest BCUT2D eigenvalue weighted by molar-refractivity contribution is -0.113. The van der Waals surface area contributed by atoms with E-state index < -0.39 is 5.97 Å². The normalized spacial score (nSPS) is 10.9. The van der Waals surface area contributed by atoms with Crippen molar-refractivity contribution in [3.05, 3.63) is 40.5 Å². The van der Waals surface area contributed by atoms with E-state index in [-0.39, 0.29) is 17.8 Å². The molecule has 0 spiro atoms.